The van der Waals surface area contributed by atoms with E-state index in [0.717, 1.165) is 24.2 Å². The van der Waals surface area contributed by atoms with Gasteiger partial charge in [-0.25, -0.2) is 4.68 Å². The second-order valence-electron chi connectivity index (χ2n) is 5.63. The van der Waals surface area contributed by atoms with Crippen LogP contribution in [0.3, 0.4) is 0 Å². The van der Waals surface area contributed by atoms with E-state index in [1.165, 1.54) is 0 Å². The number of hydrogen-bond acceptors (Lipinski definition) is 3. The Bertz CT molecular complexity index is 534. The smallest absolute Gasteiger partial charge is 0.0796 e. The van der Waals surface area contributed by atoms with Crippen molar-refractivity contribution >= 4 is 0 Å². The second kappa shape index (κ2) is 6.20. The van der Waals surface area contributed by atoms with E-state index in [9.17, 15) is 0 Å². The van der Waals surface area contributed by atoms with Gasteiger partial charge >= 0.3 is 0 Å². The molecule has 0 spiro atoms. The molecule has 1 aromatic heterocycles. The Balaban J connectivity index is 2.02. The van der Waals surface area contributed by atoms with Gasteiger partial charge in [-0.15, -0.1) is 0 Å². The number of rotatable bonds is 6. The van der Waals surface area contributed by atoms with Crippen LogP contribution in [0.25, 0.3) is 5.69 Å². The van der Waals surface area contributed by atoms with E-state index in [1.54, 1.807) is 7.11 Å². The fourth-order valence-electron chi connectivity index (χ4n) is 2.01. The highest BCUT2D eigenvalue weighted by molar-refractivity contribution is 5.30. The molecular formula is C16H23N3O. The molecule has 20 heavy (non-hydrogen) atoms. The summed E-state index contributed by atoms with van der Waals surface area (Å²) in [4.78, 5) is 0. The number of nitrogens with zero attached hydrogens (tertiary/aromatic N) is 2. The van der Waals surface area contributed by atoms with Crippen LogP contribution in [0.1, 0.15) is 38.4 Å². The Kier molecular flexibility index (Phi) is 4.57. The van der Waals surface area contributed by atoms with E-state index >= 15 is 0 Å². The average molecular weight is 273 g/mol. The number of hydrogen-bond donors (Lipinski definition) is 1. The van der Waals surface area contributed by atoms with Crippen LogP contribution < -0.4 is 5.73 Å². The lowest BCUT2D eigenvalue weighted by molar-refractivity contribution is 0.0124. The van der Waals surface area contributed by atoms with Crippen molar-refractivity contribution in [1.29, 1.82) is 0 Å². The predicted octanol–water partition coefficient (Wildman–Crippen LogP) is 3.08. The molecule has 1 heterocycles. The first-order valence-electron chi connectivity index (χ1n) is 6.93. The highest BCUT2D eigenvalue weighted by Crippen LogP contribution is 2.22. The molecule has 0 saturated carbocycles. The van der Waals surface area contributed by atoms with Gasteiger partial charge in [0.05, 0.1) is 17.0 Å². The zero-order valence-corrected chi connectivity index (χ0v) is 12.4. The predicted molar refractivity (Wildman–Crippen MR) is 80.8 cm³/mol. The molecule has 0 fully saturated rings. The molecule has 0 aliphatic carbocycles. The molecule has 2 N–H and O–H groups in total. The van der Waals surface area contributed by atoms with Crippen molar-refractivity contribution in [2.75, 3.05) is 7.11 Å². The van der Waals surface area contributed by atoms with Crippen LogP contribution in [0, 0.1) is 0 Å². The lowest BCUT2D eigenvalue weighted by atomic mass is 9.98. The normalized spacial score (nSPS) is 13.4. The lowest BCUT2D eigenvalue weighted by Gasteiger charge is -2.24. The van der Waals surface area contributed by atoms with Crippen LogP contribution in [-0.2, 0) is 4.74 Å². The van der Waals surface area contributed by atoms with Crippen molar-refractivity contribution in [3.63, 3.8) is 0 Å². The van der Waals surface area contributed by atoms with Gasteiger partial charge in [0.1, 0.15) is 0 Å². The number of methoxy groups -OCH3 is 1. The first-order valence-corrected chi connectivity index (χ1v) is 6.93. The highest BCUT2D eigenvalue weighted by Gasteiger charge is 2.19. The van der Waals surface area contributed by atoms with E-state index in [4.69, 9.17) is 10.5 Å². The van der Waals surface area contributed by atoms with Gasteiger partial charge in [0.25, 0.3) is 0 Å². The molecule has 0 bridgehead atoms. The van der Waals surface area contributed by atoms with Crippen LogP contribution in [0.5, 0.6) is 0 Å². The fraction of sp³-hybridized carbons (Fsp3) is 0.438. The summed E-state index contributed by atoms with van der Waals surface area (Å²) in [6.45, 7) is 4.14. The van der Waals surface area contributed by atoms with Crippen LogP contribution in [0.4, 0.5) is 0 Å². The van der Waals surface area contributed by atoms with E-state index in [-0.39, 0.29) is 11.6 Å². The summed E-state index contributed by atoms with van der Waals surface area (Å²) < 4.78 is 7.28. The topological polar surface area (TPSA) is 53.1 Å². The van der Waals surface area contributed by atoms with Crippen molar-refractivity contribution in [1.82, 2.24) is 9.78 Å². The molecule has 2 rings (SSSR count). The number of nitrogens with two attached hydrogens (primary N) is 1. The summed E-state index contributed by atoms with van der Waals surface area (Å²) in [5.41, 5.74) is 8.04. The Morgan fingerprint density at radius 3 is 2.60 bits per heavy atom. The number of benzene rings is 1. The second-order valence-corrected chi connectivity index (χ2v) is 5.63. The summed E-state index contributed by atoms with van der Waals surface area (Å²) in [5.74, 6) is 0. The maximum Gasteiger partial charge on any atom is 0.0796 e. The third kappa shape index (κ3) is 3.68. The first kappa shape index (κ1) is 14.8. The Labute approximate surface area is 120 Å². The molecule has 108 valence electrons. The SMILES string of the molecule is COC(C)(C)CCC(N)c1ccn(-c2ccccc2)n1. The van der Waals surface area contributed by atoms with Crippen molar-refractivity contribution in [2.45, 2.75) is 38.3 Å². The molecule has 1 unspecified atom stereocenters. The summed E-state index contributed by atoms with van der Waals surface area (Å²) in [6.07, 6.45) is 3.71. The van der Waals surface area contributed by atoms with Crippen molar-refractivity contribution in [2.24, 2.45) is 5.73 Å². The zero-order chi connectivity index (χ0) is 14.6. The van der Waals surface area contributed by atoms with Gasteiger partial charge in [0.2, 0.25) is 0 Å². The third-order valence-corrected chi connectivity index (χ3v) is 3.62. The first-order chi connectivity index (χ1) is 9.52. The van der Waals surface area contributed by atoms with Crippen molar-refractivity contribution in [3.05, 3.63) is 48.3 Å². The van der Waals surface area contributed by atoms with Gasteiger partial charge in [-0.2, -0.15) is 5.10 Å². The molecule has 2 aromatic rings. The Morgan fingerprint density at radius 2 is 1.95 bits per heavy atom. The van der Waals surface area contributed by atoms with Crippen LogP contribution >= 0.6 is 0 Å². The minimum atomic E-state index is -0.139. The third-order valence-electron chi connectivity index (χ3n) is 3.62. The van der Waals surface area contributed by atoms with Crippen molar-refractivity contribution in [3.8, 4) is 5.69 Å². The zero-order valence-electron chi connectivity index (χ0n) is 12.4. The number of ether oxygens (including phenoxy) is 1. The standard InChI is InChI=1S/C16H23N3O/c1-16(2,20-3)11-9-14(17)15-10-12-19(18-15)13-7-5-4-6-8-13/h4-8,10,12,14H,9,11,17H2,1-3H3. The molecule has 4 nitrogen and oxygen atoms in total. The molecular weight excluding hydrogens is 250 g/mol. The number of aromatic nitrogens is 2. The van der Waals surface area contributed by atoms with Crippen LogP contribution in [0.15, 0.2) is 42.6 Å². The van der Waals surface area contributed by atoms with Crippen LogP contribution in [0.2, 0.25) is 0 Å². The largest absolute Gasteiger partial charge is 0.379 e. The van der Waals surface area contributed by atoms with E-state index < -0.39 is 0 Å². The van der Waals surface area contributed by atoms with Gasteiger partial charge in [0.15, 0.2) is 0 Å². The van der Waals surface area contributed by atoms with Crippen LogP contribution in [-0.4, -0.2) is 22.5 Å². The molecule has 1 atom stereocenters. The monoisotopic (exact) mass is 273 g/mol. The molecule has 0 aliphatic rings. The number of para-hydroxylation sites is 1. The molecule has 4 heteroatoms. The molecule has 0 amide bonds. The maximum absolute atomic E-state index is 6.22. The van der Waals surface area contributed by atoms with E-state index in [0.29, 0.717) is 0 Å². The minimum Gasteiger partial charge on any atom is -0.379 e. The van der Waals surface area contributed by atoms with Crippen molar-refractivity contribution < 1.29 is 4.74 Å². The molecule has 0 aliphatic heterocycles. The lowest BCUT2D eigenvalue weighted by Crippen LogP contribution is -2.24. The Hall–Kier alpha value is -1.65. The maximum atomic E-state index is 6.22. The fourth-order valence-corrected chi connectivity index (χ4v) is 2.01. The van der Waals surface area contributed by atoms with Gasteiger partial charge in [-0.05, 0) is 44.9 Å². The van der Waals surface area contributed by atoms with Gasteiger partial charge < -0.3 is 10.5 Å². The molecule has 1 aromatic carbocycles. The highest BCUT2D eigenvalue weighted by atomic mass is 16.5. The average Bonchev–Trinajstić information content (AvgIpc) is 2.96. The molecule has 0 radical (unpaired) electrons. The van der Waals surface area contributed by atoms with E-state index in [2.05, 4.69) is 18.9 Å². The molecule has 0 saturated heterocycles. The van der Waals surface area contributed by atoms with E-state index in [1.807, 2.05) is 47.3 Å². The minimum absolute atomic E-state index is 0.0608. The van der Waals surface area contributed by atoms with Gasteiger partial charge in [0, 0.05) is 19.3 Å². The summed E-state index contributed by atoms with van der Waals surface area (Å²) >= 11 is 0. The summed E-state index contributed by atoms with van der Waals surface area (Å²) in [7, 11) is 1.73. The Morgan fingerprint density at radius 1 is 1.25 bits per heavy atom. The summed E-state index contributed by atoms with van der Waals surface area (Å²) in [6, 6.07) is 12.0. The van der Waals surface area contributed by atoms with Gasteiger partial charge in [-0.3, -0.25) is 0 Å². The quantitative estimate of drug-likeness (QED) is 0.880. The van der Waals surface area contributed by atoms with Gasteiger partial charge in [-0.1, -0.05) is 18.2 Å². The summed E-state index contributed by atoms with van der Waals surface area (Å²) in [5, 5.41) is 4.56.